The number of hydrogen-bond acceptors (Lipinski definition) is 3. The summed E-state index contributed by atoms with van der Waals surface area (Å²) in [5.74, 6) is -0.281. The maximum atomic E-state index is 12.0. The van der Waals surface area contributed by atoms with E-state index in [-0.39, 0.29) is 6.10 Å². The number of nitrogens with one attached hydrogen (secondary N) is 1. The Hall–Kier alpha value is -2.04. The molecular formula is C16H22N2O3. The second-order valence-electron chi connectivity index (χ2n) is 5.50. The van der Waals surface area contributed by atoms with Gasteiger partial charge in [0.05, 0.1) is 6.10 Å². The van der Waals surface area contributed by atoms with Crippen LogP contribution in [0.5, 0.6) is 5.75 Å². The number of anilines is 1. The van der Waals surface area contributed by atoms with Gasteiger partial charge in [-0.1, -0.05) is 0 Å². The third-order valence-electron chi connectivity index (χ3n) is 3.32. The Morgan fingerprint density at radius 1 is 1.10 bits per heavy atom. The first-order chi connectivity index (χ1) is 10.1. The van der Waals surface area contributed by atoms with Crippen molar-refractivity contribution >= 4 is 17.5 Å². The second-order valence-corrected chi connectivity index (χ2v) is 5.50. The van der Waals surface area contributed by atoms with Crippen LogP contribution in [0.15, 0.2) is 24.3 Å². The zero-order chi connectivity index (χ0) is 15.2. The first-order valence-electron chi connectivity index (χ1n) is 7.43. The molecule has 0 bridgehead atoms. The average molecular weight is 290 g/mol. The van der Waals surface area contributed by atoms with Crippen molar-refractivity contribution in [2.45, 2.75) is 39.2 Å². The Kier molecular flexibility index (Phi) is 5.20. The minimum Gasteiger partial charge on any atom is -0.491 e. The number of carbonyl (C=O) groups excluding carboxylic acids is 2. The van der Waals surface area contributed by atoms with Gasteiger partial charge < -0.3 is 15.0 Å². The molecule has 1 saturated heterocycles. The number of likely N-dealkylation sites (tertiary alicyclic amines) is 1. The Balaban J connectivity index is 1.91. The summed E-state index contributed by atoms with van der Waals surface area (Å²) in [6.07, 6.45) is 3.18. The molecule has 2 rings (SSSR count). The third-order valence-corrected chi connectivity index (χ3v) is 3.32. The standard InChI is InChI=1S/C16H22N2O3/c1-12(2)21-14-8-6-13(7-9-14)17-15(19)16(20)18-10-4-3-5-11-18/h6-9,12H,3-5,10-11H2,1-2H3,(H,17,19). The van der Waals surface area contributed by atoms with E-state index in [0.29, 0.717) is 18.8 Å². The lowest BCUT2D eigenvalue weighted by Gasteiger charge is -2.25. The third kappa shape index (κ3) is 4.48. The second kappa shape index (κ2) is 7.11. The Morgan fingerprint density at radius 3 is 2.29 bits per heavy atom. The first-order valence-corrected chi connectivity index (χ1v) is 7.43. The highest BCUT2D eigenvalue weighted by molar-refractivity contribution is 6.39. The lowest BCUT2D eigenvalue weighted by atomic mass is 10.1. The summed E-state index contributed by atoms with van der Waals surface area (Å²) in [6, 6.07) is 7.03. The van der Waals surface area contributed by atoms with Crippen molar-refractivity contribution in [3.05, 3.63) is 24.3 Å². The van der Waals surface area contributed by atoms with Gasteiger partial charge >= 0.3 is 11.8 Å². The number of ether oxygens (including phenoxy) is 1. The predicted molar refractivity (Wildman–Crippen MR) is 81.3 cm³/mol. The normalized spacial score (nSPS) is 14.9. The van der Waals surface area contributed by atoms with Crippen LogP contribution in [-0.4, -0.2) is 35.9 Å². The molecule has 0 aliphatic carbocycles. The minimum atomic E-state index is -0.575. The molecule has 114 valence electrons. The molecule has 1 heterocycles. The first kappa shape index (κ1) is 15.4. The molecule has 1 fully saturated rings. The van der Waals surface area contributed by atoms with Crippen LogP contribution < -0.4 is 10.1 Å². The summed E-state index contributed by atoms with van der Waals surface area (Å²) >= 11 is 0. The molecule has 1 N–H and O–H groups in total. The highest BCUT2D eigenvalue weighted by Gasteiger charge is 2.23. The molecule has 0 saturated carbocycles. The number of piperidine rings is 1. The van der Waals surface area contributed by atoms with Crippen LogP contribution in [-0.2, 0) is 9.59 Å². The van der Waals surface area contributed by atoms with Crippen LogP contribution in [0, 0.1) is 0 Å². The molecule has 5 heteroatoms. The van der Waals surface area contributed by atoms with E-state index in [2.05, 4.69) is 5.32 Å². The van der Waals surface area contributed by atoms with Gasteiger partial charge in [0.1, 0.15) is 5.75 Å². The zero-order valence-corrected chi connectivity index (χ0v) is 12.6. The van der Waals surface area contributed by atoms with E-state index in [4.69, 9.17) is 4.74 Å². The van der Waals surface area contributed by atoms with Gasteiger partial charge in [-0.2, -0.15) is 0 Å². The van der Waals surface area contributed by atoms with E-state index >= 15 is 0 Å². The summed E-state index contributed by atoms with van der Waals surface area (Å²) in [5.41, 5.74) is 0.599. The van der Waals surface area contributed by atoms with Crippen LogP contribution in [0.3, 0.4) is 0 Å². The fourth-order valence-electron chi connectivity index (χ4n) is 2.31. The molecule has 1 aliphatic rings. The molecular weight excluding hydrogens is 268 g/mol. The van der Waals surface area contributed by atoms with Crippen LogP contribution in [0.4, 0.5) is 5.69 Å². The molecule has 1 aromatic carbocycles. The number of hydrogen-bond donors (Lipinski definition) is 1. The summed E-state index contributed by atoms with van der Waals surface area (Å²) in [4.78, 5) is 25.6. The van der Waals surface area contributed by atoms with E-state index in [1.54, 1.807) is 29.2 Å². The van der Waals surface area contributed by atoms with Gasteiger partial charge in [-0.3, -0.25) is 9.59 Å². The molecule has 1 aliphatic heterocycles. The molecule has 0 atom stereocenters. The van der Waals surface area contributed by atoms with Crippen molar-refractivity contribution in [3.63, 3.8) is 0 Å². The minimum absolute atomic E-state index is 0.103. The predicted octanol–water partition coefficient (Wildman–Crippen LogP) is 2.42. The quantitative estimate of drug-likeness (QED) is 0.870. The highest BCUT2D eigenvalue weighted by atomic mass is 16.5. The van der Waals surface area contributed by atoms with E-state index in [1.165, 1.54) is 0 Å². The van der Waals surface area contributed by atoms with Crippen LogP contribution >= 0.6 is 0 Å². The maximum Gasteiger partial charge on any atom is 0.313 e. The van der Waals surface area contributed by atoms with E-state index in [0.717, 1.165) is 25.0 Å². The van der Waals surface area contributed by atoms with E-state index in [1.807, 2.05) is 13.8 Å². The Morgan fingerprint density at radius 2 is 1.71 bits per heavy atom. The van der Waals surface area contributed by atoms with Gasteiger partial charge in [-0.25, -0.2) is 0 Å². The Bertz CT molecular complexity index is 491. The van der Waals surface area contributed by atoms with Crippen LogP contribution in [0.2, 0.25) is 0 Å². The molecule has 5 nitrogen and oxygen atoms in total. The van der Waals surface area contributed by atoms with E-state index < -0.39 is 11.8 Å². The number of nitrogens with zero attached hydrogens (tertiary/aromatic N) is 1. The summed E-state index contributed by atoms with van der Waals surface area (Å²) in [6.45, 7) is 5.25. The molecule has 1 aromatic rings. The van der Waals surface area contributed by atoms with Gasteiger partial charge in [-0.05, 0) is 57.4 Å². The highest BCUT2D eigenvalue weighted by Crippen LogP contribution is 2.17. The van der Waals surface area contributed by atoms with E-state index in [9.17, 15) is 9.59 Å². The molecule has 2 amide bonds. The van der Waals surface area contributed by atoms with Crippen molar-refractivity contribution in [2.24, 2.45) is 0 Å². The van der Waals surface area contributed by atoms with Crippen molar-refractivity contribution < 1.29 is 14.3 Å². The lowest BCUT2D eigenvalue weighted by molar-refractivity contribution is -0.143. The van der Waals surface area contributed by atoms with Gasteiger partial charge in [0, 0.05) is 18.8 Å². The number of benzene rings is 1. The van der Waals surface area contributed by atoms with Gasteiger partial charge in [-0.15, -0.1) is 0 Å². The summed E-state index contributed by atoms with van der Waals surface area (Å²) < 4.78 is 5.53. The van der Waals surface area contributed by atoms with Gasteiger partial charge in [0.2, 0.25) is 0 Å². The van der Waals surface area contributed by atoms with Crippen molar-refractivity contribution in [1.82, 2.24) is 4.90 Å². The SMILES string of the molecule is CC(C)Oc1ccc(NC(=O)C(=O)N2CCCCC2)cc1. The molecule has 0 aromatic heterocycles. The van der Waals surface area contributed by atoms with Crippen molar-refractivity contribution in [1.29, 1.82) is 0 Å². The largest absolute Gasteiger partial charge is 0.491 e. The average Bonchev–Trinajstić information content (AvgIpc) is 2.49. The van der Waals surface area contributed by atoms with Gasteiger partial charge in [0.25, 0.3) is 0 Å². The molecule has 0 unspecified atom stereocenters. The maximum absolute atomic E-state index is 12.0. The zero-order valence-electron chi connectivity index (χ0n) is 12.6. The smallest absolute Gasteiger partial charge is 0.313 e. The van der Waals surface area contributed by atoms with Crippen LogP contribution in [0.1, 0.15) is 33.1 Å². The summed E-state index contributed by atoms with van der Waals surface area (Å²) in [5, 5.41) is 2.63. The fourth-order valence-corrected chi connectivity index (χ4v) is 2.31. The van der Waals surface area contributed by atoms with Crippen molar-refractivity contribution in [3.8, 4) is 5.75 Å². The molecule has 0 radical (unpaired) electrons. The Labute approximate surface area is 125 Å². The lowest BCUT2D eigenvalue weighted by Crippen LogP contribution is -2.42. The molecule has 0 spiro atoms. The monoisotopic (exact) mass is 290 g/mol. The summed E-state index contributed by atoms with van der Waals surface area (Å²) in [7, 11) is 0. The number of amides is 2. The topological polar surface area (TPSA) is 58.6 Å². The van der Waals surface area contributed by atoms with Crippen molar-refractivity contribution in [2.75, 3.05) is 18.4 Å². The number of rotatable bonds is 3. The number of carbonyl (C=O) groups is 2. The molecule has 21 heavy (non-hydrogen) atoms. The van der Waals surface area contributed by atoms with Gasteiger partial charge in [0.15, 0.2) is 0 Å². The van der Waals surface area contributed by atoms with Crippen LogP contribution in [0.25, 0.3) is 0 Å². The fraction of sp³-hybridized carbons (Fsp3) is 0.500.